The van der Waals surface area contributed by atoms with Gasteiger partial charge in [0.2, 0.25) is 5.91 Å². The lowest BCUT2D eigenvalue weighted by Gasteiger charge is -2.56. The van der Waals surface area contributed by atoms with Crippen LogP contribution in [0.25, 0.3) is 0 Å². The molecule has 2 aliphatic heterocycles. The summed E-state index contributed by atoms with van der Waals surface area (Å²) in [6.45, 7) is 5.81. The van der Waals surface area contributed by atoms with Crippen molar-refractivity contribution in [3.8, 4) is 0 Å². The van der Waals surface area contributed by atoms with Gasteiger partial charge in [0.1, 0.15) is 11.6 Å². The Morgan fingerprint density at radius 1 is 1.43 bits per heavy atom. The molecule has 2 saturated heterocycles. The van der Waals surface area contributed by atoms with Crippen LogP contribution in [-0.4, -0.2) is 49.6 Å². The van der Waals surface area contributed by atoms with Crippen molar-refractivity contribution in [3.63, 3.8) is 0 Å². The van der Waals surface area contributed by atoms with Crippen LogP contribution < -0.4 is 5.32 Å². The molecule has 6 nitrogen and oxygen atoms in total. The van der Waals surface area contributed by atoms with Gasteiger partial charge in [-0.05, 0) is 39.7 Å². The Kier molecular flexibility index (Phi) is 3.45. The zero-order chi connectivity index (χ0) is 15.2. The highest BCUT2D eigenvalue weighted by atomic mass is 16.3. The van der Waals surface area contributed by atoms with Crippen LogP contribution in [0.15, 0.2) is 18.5 Å². The molecule has 2 fully saturated rings. The Morgan fingerprint density at radius 2 is 2.10 bits per heavy atom. The van der Waals surface area contributed by atoms with Gasteiger partial charge in [-0.1, -0.05) is 0 Å². The molecule has 2 N–H and O–H groups in total. The van der Waals surface area contributed by atoms with E-state index in [2.05, 4.69) is 22.2 Å². The number of aliphatic hydroxyl groups is 1. The van der Waals surface area contributed by atoms with Crippen molar-refractivity contribution in [3.05, 3.63) is 24.3 Å². The van der Waals surface area contributed by atoms with Crippen molar-refractivity contribution in [2.24, 2.45) is 0 Å². The second-order valence-electron chi connectivity index (χ2n) is 6.24. The van der Waals surface area contributed by atoms with Gasteiger partial charge in [-0.15, -0.1) is 0 Å². The van der Waals surface area contributed by atoms with E-state index in [1.807, 2.05) is 6.92 Å². The van der Waals surface area contributed by atoms with E-state index in [-0.39, 0.29) is 11.9 Å². The van der Waals surface area contributed by atoms with Crippen LogP contribution in [0.3, 0.4) is 0 Å². The molecule has 3 rings (SSSR count). The Bertz CT molecular complexity index is 536. The number of aromatic nitrogens is 2. The highest BCUT2D eigenvalue weighted by Crippen LogP contribution is 2.44. The number of rotatable bonds is 3. The van der Waals surface area contributed by atoms with Gasteiger partial charge in [0.15, 0.2) is 5.82 Å². The average Bonchev–Trinajstić information content (AvgIpc) is 2.89. The summed E-state index contributed by atoms with van der Waals surface area (Å²) in [6, 6.07) is 1.62. The van der Waals surface area contributed by atoms with Crippen LogP contribution in [0, 0.1) is 0 Å². The van der Waals surface area contributed by atoms with E-state index >= 15 is 0 Å². The molecular weight excluding hydrogens is 268 g/mol. The zero-order valence-electron chi connectivity index (χ0n) is 12.7. The molecule has 0 aromatic carbocycles. The van der Waals surface area contributed by atoms with E-state index in [0.29, 0.717) is 11.9 Å². The fraction of sp³-hybridized carbons (Fsp3) is 0.667. The third-order valence-corrected chi connectivity index (χ3v) is 4.83. The van der Waals surface area contributed by atoms with Crippen molar-refractivity contribution < 1.29 is 9.90 Å². The van der Waals surface area contributed by atoms with E-state index in [0.717, 1.165) is 12.8 Å². The number of hydrogen-bond donors (Lipinski definition) is 2. The molecule has 0 aliphatic carbocycles. The molecule has 0 radical (unpaired) electrons. The standard InChI is InChI=1S/C15H22N4O2/c1-9-5-6-15(18-9)11(3)19(14(15)21)12(10(2)20)13-16-7-4-8-17-13/h4,7-12,18,20H,5-6H2,1-3H3/t9?,10-,11?,12?,15?/m1/s1. The topological polar surface area (TPSA) is 78.4 Å². The molecule has 114 valence electrons. The molecule has 2 aliphatic rings. The number of nitrogens with zero attached hydrogens (tertiary/aromatic N) is 3. The van der Waals surface area contributed by atoms with Gasteiger partial charge >= 0.3 is 0 Å². The van der Waals surface area contributed by atoms with E-state index in [9.17, 15) is 9.90 Å². The third kappa shape index (κ3) is 2.05. The van der Waals surface area contributed by atoms with Gasteiger partial charge in [0.05, 0.1) is 12.1 Å². The van der Waals surface area contributed by atoms with Crippen LogP contribution in [0.2, 0.25) is 0 Å². The van der Waals surface area contributed by atoms with Crippen molar-refractivity contribution >= 4 is 5.91 Å². The number of likely N-dealkylation sites (tertiary alicyclic amines) is 1. The maximum absolute atomic E-state index is 12.8. The molecule has 0 bridgehead atoms. The summed E-state index contributed by atoms with van der Waals surface area (Å²) in [5.74, 6) is 0.547. The average molecular weight is 290 g/mol. The number of carbonyl (C=O) groups excluding carboxylic acids is 1. The lowest BCUT2D eigenvalue weighted by atomic mass is 9.76. The fourth-order valence-electron chi connectivity index (χ4n) is 3.69. The summed E-state index contributed by atoms with van der Waals surface area (Å²) >= 11 is 0. The Morgan fingerprint density at radius 3 is 2.57 bits per heavy atom. The minimum absolute atomic E-state index is 0.0263. The number of carbonyl (C=O) groups is 1. The predicted octanol–water partition coefficient (Wildman–Crippen LogP) is 0.640. The second-order valence-corrected chi connectivity index (χ2v) is 6.24. The highest BCUT2D eigenvalue weighted by molar-refractivity contribution is 5.95. The molecule has 4 unspecified atom stereocenters. The number of amides is 1. The normalized spacial score (nSPS) is 34.9. The van der Waals surface area contributed by atoms with Crippen LogP contribution >= 0.6 is 0 Å². The summed E-state index contributed by atoms with van der Waals surface area (Å²) in [6.07, 6.45) is 4.42. The SMILES string of the molecule is CC1CCC2(N1)C(=O)N(C(c1ncccn1)[C@@H](C)O)C2C. The summed E-state index contributed by atoms with van der Waals surface area (Å²) in [4.78, 5) is 22.9. The number of hydrogen-bond acceptors (Lipinski definition) is 5. The first-order valence-electron chi connectivity index (χ1n) is 7.53. The Balaban J connectivity index is 1.88. The first kappa shape index (κ1) is 14.4. The minimum Gasteiger partial charge on any atom is -0.391 e. The predicted molar refractivity (Wildman–Crippen MR) is 77.3 cm³/mol. The molecule has 1 amide bonds. The molecule has 1 spiro atoms. The lowest BCUT2D eigenvalue weighted by molar-refractivity contribution is -0.171. The first-order valence-corrected chi connectivity index (χ1v) is 7.53. The Labute approximate surface area is 124 Å². The van der Waals surface area contributed by atoms with Crippen LogP contribution in [0.4, 0.5) is 0 Å². The highest BCUT2D eigenvalue weighted by Gasteiger charge is 2.63. The fourth-order valence-corrected chi connectivity index (χ4v) is 3.69. The maximum Gasteiger partial charge on any atom is 0.246 e. The molecule has 0 saturated carbocycles. The second kappa shape index (κ2) is 5.03. The molecule has 1 aromatic rings. The van der Waals surface area contributed by atoms with E-state index in [1.165, 1.54) is 0 Å². The summed E-state index contributed by atoms with van der Waals surface area (Å²) in [7, 11) is 0. The van der Waals surface area contributed by atoms with Crippen LogP contribution in [0.5, 0.6) is 0 Å². The Hall–Kier alpha value is -1.53. The summed E-state index contributed by atoms with van der Waals surface area (Å²) < 4.78 is 0. The van der Waals surface area contributed by atoms with Crippen LogP contribution in [0.1, 0.15) is 45.5 Å². The van der Waals surface area contributed by atoms with Gasteiger partial charge in [0, 0.05) is 18.4 Å². The van der Waals surface area contributed by atoms with Gasteiger partial charge in [0.25, 0.3) is 0 Å². The van der Waals surface area contributed by atoms with Gasteiger partial charge in [-0.25, -0.2) is 9.97 Å². The molecule has 6 heteroatoms. The zero-order valence-corrected chi connectivity index (χ0v) is 12.7. The van der Waals surface area contributed by atoms with Crippen molar-refractivity contribution in [2.75, 3.05) is 0 Å². The van der Waals surface area contributed by atoms with Gasteiger partial charge in [-0.3, -0.25) is 10.1 Å². The van der Waals surface area contributed by atoms with Crippen molar-refractivity contribution in [2.45, 2.75) is 63.4 Å². The van der Waals surface area contributed by atoms with Gasteiger partial charge in [-0.2, -0.15) is 0 Å². The molecular formula is C15H22N4O2. The van der Waals surface area contributed by atoms with E-state index < -0.39 is 17.7 Å². The smallest absolute Gasteiger partial charge is 0.246 e. The number of nitrogens with one attached hydrogen (secondary N) is 1. The maximum atomic E-state index is 12.8. The number of aliphatic hydroxyl groups excluding tert-OH is 1. The van der Waals surface area contributed by atoms with Crippen LogP contribution in [-0.2, 0) is 4.79 Å². The summed E-state index contributed by atoms with van der Waals surface area (Å²) in [5.41, 5.74) is -0.457. The molecule has 3 heterocycles. The lowest BCUT2D eigenvalue weighted by Crippen LogP contribution is -2.78. The van der Waals surface area contributed by atoms with Crippen molar-refractivity contribution in [1.29, 1.82) is 0 Å². The van der Waals surface area contributed by atoms with Gasteiger partial charge < -0.3 is 10.0 Å². The van der Waals surface area contributed by atoms with Crippen molar-refractivity contribution in [1.82, 2.24) is 20.2 Å². The molecule has 5 atom stereocenters. The largest absolute Gasteiger partial charge is 0.391 e. The van der Waals surface area contributed by atoms with E-state index in [1.54, 1.807) is 30.3 Å². The summed E-state index contributed by atoms with van der Waals surface area (Å²) in [5, 5.41) is 13.6. The first-order chi connectivity index (χ1) is 9.97. The molecule has 1 aromatic heterocycles. The van der Waals surface area contributed by atoms with E-state index in [4.69, 9.17) is 0 Å². The minimum atomic E-state index is -0.713. The molecule has 21 heavy (non-hydrogen) atoms. The number of β-lactam (4-membered cyclic amide) rings is 1. The quantitative estimate of drug-likeness (QED) is 0.799. The monoisotopic (exact) mass is 290 g/mol. The third-order valence-electron chi connectivity index (χ3n) is 4.83.